The summed E-state index contributed by atoms with van der Waals surface area (Å²) in [4.78, 5) is 20.8. The number of halogens is 2. The molecular formula is C19H19ClIN5O2. The Morgan fingerprint density at radius 1 is 1.25 bits per heavy atom. The molecule has 1 atom stereocenters. The second-order valence-electron chi connectivity index (χ2n) is 6.50. The number of pyridine rings is 1. The van der Waals surface area contributed by atoms with Crippen LogP contribution in [0.5, 0.6) is 5.75 Å². The van der Waals surface area contributed by atoms with Gasteiger partial charge in [-0.2, -0.15) is 5.10 Å². The summed E-state index contributed by atoms with van der Waals surface area (Å²) in [5.41, 5.74) is 1.79. The van der Waals surface area contributed by atoms with Crippen molar-refractivity contribution in [2.24, 2.45) is 0 Å². The van der Waals surface area contributed by atoms with E-state index < -0.39 is 6.17 Å². The van der Waals surface area contributed by atoms with Crippen molar-refractivity contribution in [1.82, 2.24) is 19.7 Å². The zero-order valence-corrected chi connectivity index (χ0v) is 18.2. The Bertz CT molecular complexity index is 1000. The molecule has 3 aromatic rings. The molecule has 9 heteroatoms. The van der Waals surface area contributed by atoms with Crippen molar-refractivity contribution in [2.45, 2.75) is 6.17 Å². The molecule has 2 aromatic heterocycles. The Morgan fingerprint density at radius 2 is 2.04 bits per heavy atom. The molecule has 3 heterocycles. The van der Waals surface area contributed by atoms with E-state index in [0.717, 1.165) is 52.9 Å². The van der Waals surface area contributed by atoms with Crippen LogP contribution in [0, 0.1) is 3.70 Å². The largest absolute Gasteiger partial charge is 0.495 e. The fraction of sp³-hybridized carbons (Fsp3) is 0.316. The molecule has 0 amide bonds. The summed E-state index contributed by atoms with van der Waals surface area (Å²) >= 11 is 8.31. The van der Waals surface area contributed by atoms with Crippen LogP contribution in [-0.4, -0.2) is 59.2 Å². The monoisotopic (exact) mass is 511 g/mol. The zero-order valence-electron chi connectivity index (χ0n) is 15.3. The normalized spacial score (nSPS) is 16.3. The van der Waals surface area contributed by atoms with Crippen molar-refractivity contribution in [2.75, 3.05) is 38.2 Å². The smallest absolute Gasteiger partial charge is 0.162 e. The number of nitrogens with zero attached hydrogens (tertiary/aromatic N) is 5. The third-order valence-corrected chi connectivity index (χ3v) is 6.09. The van der Waals surface area contributed by atoms with E-state index >= 15 is 0 Å². The summed E-state index contributed by atoms with van der Waals surface area (Å²) in [6.45, 7) is 3.05. The van der Waals surface area contributed by atoms with Crippen molar-refractivity contribution < 1.29 is 9.53 Å². The number of ether oxygens (including phenoxy) is 1. The highest BCUT2D eigenvalue weighted by Crippen LogP contribution is 2.30. The number of fused-ring (bicyclic) bond motifs is 1. The third-order valence-electron chi connectivity index (χ3n) is 4.98. The second-order valence-corrected chi connectivity index (χ2v) is 7.93. The van der Waals surface area contributed by atoms with Crippen LogP contribution < -0.4 is 9.64 Å². The van der Waals surface area contributed by atoms with E-state index in [1.807, 2.05) is 30.3 Å². The van der Waals surface area contributed by atoms with Crippen LogP contribution in [0.1, 0.15) is 6.17 Å². The van der Waals surface area contributed by atoms with E-state index in [1.54, 1.807) is 18.0 Å². The average molecular weight is 512 g/mol. The summed E-state index contributed by atoms with van der Waals surface area (Å²) in [7, 11) is 1.61. The van der Waals surface area contributed by atoms with E-state index in [4.69, 9.17) is 16.3 Å². The number of benzene rings is 1. The minimum Gasteiger partial charge on any atom is -0.495 e. The Hall–Kier alpha value is -1.91. The lowest BCUT2D eigenvalue weighted by Crippen LogP contribution is -2.49. The molecule has 1 unspecified atom stereocenters. The van der Waals surface area contributed by atoms with E-state index in [9.17, 15) is 4.79 Å². The topological polar surface area (TPSA) is 63.5 Å². The molecule has 1 saturated heterocycles. The molecule has 146 valence electrons. The maximum Gasteiger partial charge on any atom is 0.162 e. The molecule has 0 bridgehead atoms. The van der Waals surface area contributed by atoms with Crippen LogP contribution in [0.15, 0.2) is 36.5 Å². The minimum atomic E-state index is -0.470. The first-order valence-electron chi connectivity index (χ1n) is 8.89. The number of hydrogen-bond acceptors (Lipinski definition) is 6. The van der Waals surface area contributed by atoms with Gasteiger partial charge < -0.3 is 9.64 Å². The Labute approximate surface area is 181 Å². The van der Waals surface area contributed by atoms with Gasteiger partial charge in [0.1, 0.15) is 9.45 Å². The fourth-order valence-electron chi connectivity index (χ4n) is 3.51. The van der Waals surface area contributed by atoms with Gasteiger partial charge in [0, 0.05) is 44.1 Å². The molecule has 1 aromatic carbocycles. The highest BCUT2D eigenvalue weighted by molar-refractivity contribution is 14.1. The lowest BCUT2D eigenvalue weighted by Gasteiger charge is -2.38. The number of aromatic nitrogens is 3. The van der Waals surface area contributed by atoms with Gasteiger partial charge in [0.25, 0.3) is 0 Å². The summed E-state index contributed by atoms with van der Waals surface area (Å²) < 4.78 is 7.89. The quantitative estimate of drug-likeness (QED) is 0.387. The first-order chi connectivity index (χ1) is 13.6. The van der Waals surface area contributed by atoms with E-state index in [2.05, 4.69) is 42.5 Å². The number of rotatable bonds is 5. The summed E-state index contributed by atoms with van der Waals surface area (Å²) in [5.74, 6) is 0.663. The van der Waals surface area contributed by atoms with Gasteiger partial charge in [0.15, 0.2) is 18.1 Å². The number of methoxy groups -OCH3 is 1. The SMILES string of the molecule is COc1cc(N2CCN(C(C=O)n3nc(I)c4cccnc43)CC2)ccc1Cl. The van der Waals surface area contributed by atoms with Crippen molar-refractivity contribution in [3.05, 3.63) is 45.3 Å². The molecule has 1 aliphatic heterocycles. The summed E-state index contributed by atoms with van der Waals surface area (Å²) in [6.07, 6.45) is 2.20. The van der Waals surface area contributed by atoms with Gasteiger partial charge >= 0.3 is 0 Å². The molecule has 7 nitrogen and oxygen atoms in total. The summed E-state index contributed by atoms with van der Waals surface area (Å²) in [6, 6.07) is 9.64. The number of carbonyl (C=O) groups is 1. The van der Waals surface area contributed by atoms with Gasteiger partial charge in [0.05, 0.1) is 17.5 Å². The third kappa shape index (κ3) is 3.56. The van der Waals surface area contributed by atoms with E-state index in [1.165, 1.54) is 0 Å². The first kappa shape index (κ1) is 19.4. The van der Waals surface area contributed by atoms with Crippen LogP contribution in [0.2, 0.25) is 5.02 Å². The van der Waals surface area contributed by atoms with Gasteiger partial charge in [0.2, 0.25) is 0 Å². The van der Waals surface area contributed by atoms with E-state index in [-0.39, 0.29) is 0 Å². The zero-order chi connectivity index (χ0) is 19.7. The number of carbonyl (C=O) groups excluding carboxylic acids is 1. The Morgan fingerprint density at radius 3 is 2.75 bits per heavy atom. The van der Waals surface area contributed by atoms with Gasteiger partial charge in [-0.05, 0) is 46.9 Å². The van der Waals surface area contributed by atoms with Gasteiger partial charge in [-0.1, -0.05) is 11.6 Å². The maximum atomic E-state index is 12.0. The molecule has 0 saturated carbocycles. The first-order valence-corrected chi connectivity index (χ1v) is 10.3. The lowest BCUT2D eigenvalue weighted by molar-refractivity contribution is -0.115. The molecule has 28 heavy (non-hydrogen) atoms. The van der Waals surface area contributed by atoms with Crippen molar-refractivity contribution in [3.8, 4) is 5.75 Å². The van der Waals surface area contributed by atoms with Crippen LogP contribution >= 0.6 is 34.2 Å². The fourth-order valence-corrected chi connectivity index (χ4v) is 4.36. The highest BCUT2D eigenvalue weighted by atomic mass is 127. The lowest BCUT2D eigenvalue weighted by atomic mass is 10.2. The van der Waals surface area contributed by atoms with Crippen LogP contribution in [0.3, 0.4) is 0 Å². The predicted molar refractivity (Wildman–Crippen MR) is 117 cm³/mol. The van der Waals surface area contributed by atoms with Crippen molar-refractivity contribution in [1.29, 1.82) is 0 Å². The second kappa shape index (κ2) is 8.22. The minimum absolute atomic E-state index is 0.470. The number of aldehydes is 1. The average Bonchev–Trinajstić information content (AvgIpc) is 3.06. The number of anilines is 1. The van der Waals surface area contributed by atoms with Crippen LogP contribution in [-0.2, 0) is 4.79 Å². The molecule has 0 spiro atoms. The molecule has 1 aliphatic rings. The van der Waals surface area contributed by atoms with Crippen molar-refractivity contribution in [3.63, 3.8) is 0 Å². The molecule has 1 fully saturated rings. The van der Waals surface area contributed by atoms with Gasteiger partial charge in [-0.15, -0.1) is 0 Å². The van der Waals surface area contributed by atoms with Crippen LogP contribution in [0.25, 0.3) is 11.0 Å². The number of piperazine rings is 1. The highest BCUT2D eigenvalue weighted by Gasteiger charge is 2.27. The predicted octanol–water partition coefficient (Wildman–Crippen LogP) is 3.22. The Kier molecular flexibility index (Phi) is 5.70. The molecule has 0 N–H and O–H groups in total. The molecule has 4 rings (SSSR count). The van der Waals surface area contributed by atoms with Crippen LogP contribution in [0.4, 0.5) is 5.69 Å². The van der Waals surface area contributed by atoms with Gasteiger partial charge in [-0.25, -0.2) is 9.67 Å². The molecular weight excluding hydrogens is 493 g/mol. The summed E-state index contributed by atoms with van der Waals surface area (Å²) in [5, 5.41) is 6.12. The van der Waals surface area contributed by atoms with Gasteiger partial charge in [-0.3, -0.25) is 9.69 Å². The Balaban J connectivity index is 1.53. The standard InChI is InChI=1S/C19H19ClIN5O2/c1-28-16-11-13(4-5-15(16)20)24-7-9-25(10-8-24)17(12-27)26-19-14(18(21)23-26)3-2-6-22-19/h2-6,11-12,17H,7-10H2,1H3. The number of hydrogen-bond donors (Lipinski definition) is 0. The van der Waals surface area contributed by atoms with E-state index in [0.29, 0.717) is 10.8 Å². The van der Waals surface area contributed by atoms with Crippen molar-refractivity contribution >= 4 is 57.2 Å². The molecule has 0 radical (unpaired) electrons. The maximum absolute atomic E-state index is 12.0. The molecule has 0 aliphatic carbocycles.